The Morgan fingerprint density at radius 3 is 2.55 bits per heavy atom. The quantitative estimate of drug-likeness (QED) is 0.544. The number of hydrogen-bond donors (Lipinski definition) is 2. The lowest BCUT2D eigenvalue weighted by atomic mass is 9.94. The van der Waals surface area contributed by atoms with Gasteiger partial charge in [-0.1, -0.05) is 43.0 Å². The fraction of sp³-hybridized carbons (Fsp3) is 0.360. The van der Waals surface area contributed by atoms with E-state index in [2.05, 4.69) is 10.3 Å². The number of carbonyl (C=O) groups is 1. The van der Waals surface area contributed by atoms with Gasteiger partial charge < -0.3 is 24.7 Å². The van der Waals surface area contributed by atoms with Crippen LogP contribution in [0.4, 0.5) is 10.5 Å². The molecule has 172 valence electrons. The van der Waals surface area contributed by atoms with Crippen LogP contribution >= 0.6 is 11.6 Å². The first-order chi connectivity index (χ1) is 16.1. The SMILES string of the molecule is O=C(Nc1ccccc1Cl)N(Cc1cc2cc3c(cc2[nH]c1=O)OCCO3)C1CCCCC1. The van der Waals surface area contributed by atoms with Crippen LogP contribution in [0.15, 0.2) is 47.3 Å². The first-order valence-corrected chi connectivity index (χ1v) is 11.7. The van der Waals surface area contributed by atoms with Crippen LogP contribution in [0.5, 0.6) is 11.5 Å². The Bertz CT molecular complexity index is 1240. The van der Waals surface area contributed by atoms with E-state index in [1.54, 1.807) is 23.1 Å². The predicted octanol–water partition coefficient (Wildman–Crippen LogP) is 5.32. The molecule has 2 heterocycles. The number of nitrogens with one attached hydrogen (secondary N) is 2. The first kappa shape index (κ1) is 21.6. The molecular weight excluding hydrogens is 442 g/mol. The Morgan fingerprint density at radius 2 is 1.79 bits per heavy atom. The molecule has 2 aliphatic rings. The number of nitrogens with zero attached hydrogens (tertiary/aromatic N) is 1. The number of halogens is 1. The molecule has 0 spiro atoms. The highest BCUT2D eigenvalue weighted by atomic mass is 35.5. The second kappa shape index (κ2) is 9.35. The molecule has 2 N–H and O–H groups in total. The Kier molecular flexibility index (Phi) is 6.13. The average Bonchev–Trinajstić information content (AvgIpc) is 2.83. The van der Waals surface area contributed by atoms with Gasteiger partial charge in [-0.05, 0) is 37.1 Å². The molecule has 33 heavy (non-hydrogen) atoms. The summed E-state index contributed by atoms with van der Waals surface area (Å²) in [6.07, 6.45) is 5.14. The number of fused-ring (bicyclic) bond motifs is 2. The fourth-order valence-electron chi connectivity index (χ4n) is 4.60. The summed E-state index contributed by atoms with van der Waals surface area (Å²) in [5.41, 5.74) is 1.54. The third-order valence-electron chi connectivity index (χ3n) is 6.32. The van der Waals surface area contributed by atoms with E-state index in [4.69, 9.17) is 21.1 Å². The van der Waals surface area contributed by atoms with Crippen LogP contribution in [0.3, 0.4) is 0 Å². The zero-order valence-electron chi connectivity index (χ0n) is 18.2. The maximum Gasteiger partial charge on any atom is 0.322 e. The number of ether oxygens (including phenoxy) is 2. The van der Waals surface area contributed by atoms with Crippen LogP contribution in [0.25, 0.3) is 10.9 Å². The Morgan fingerprint density at radius 1 is 1.06 bits per heavy atom. The van der Waals surface area contributed by atoms with Crippen LogP contribution in [0.2, 0.25) is 5.02 Å². The molecule has 2 amide bonds. The van der Waals surface area contributed by atoms with Crippen molar-refractivity contribution < 1.29 is 14.3 Å². The van der Waals surface area contributed by atoms with Crippen molar-refractivity contribution >= 4 is 34.2 Å². The lowest BCUT2D eigenvalue weighted by molar-refractivity contribution is 0.162. The van der Waals surface area contributed by atoms with Gasteiger partial charge in [0.2, 0.25) is 0 Å². The summed E-state index contributed by atoms with van der Waals surface area (Å²) in [4.78, 5) is 31.0. The zero-order chi connectivity index (χ0) is 22.8. The van der Waals surface area contributed by atoms with Gasteiger partial charge in [0.05, 0.1) is 22.8 Å². The van der Waals surface area contributed by atoms with Crippen LogP contribution in [-0.4, -0.2) is 35.2 Å². The summed E-state index contributed by atoms with van der Waals surface area (Å²) in [7, 11) is 0. The lowest BCUT2D eigenvalue weighted by Gasteiger charge is -2.34. The van der Waals surface area contributed by atoms with Crippen molar-refractivity contribution in [3.05, 3.63) is 63.4 Å². The predicted molar refractivity (Wildman–Crippen MR) is 128 cm³/mol. The second-order valence-corrected chi connectivity index (χ2v) is 8.94. The molecule has 0 atom stereocenters. The monoisotopic (exact) mass is 467 g/mol. The van der Waals surface area contributed by atoms with Crippen LogP contribution in [-0.2, 0) is 6.54 Å². The highest BCUT2D eigenvalue weighted by molar-refractivity contribution is 6.33. The molecule has 0 unspecified atom stereocenters. The zero-order valence-corrected chi connectivity index (χ0v) is 19.0. The van der Waals surface area contributed by atoms with E-state index in [0.717, 1.165) is 31.1 Å². The van der Waals surface area contributed by atoms with E-state index >= 15 is 0 Å². The summed E-state index contributed by atoms with van der Waals surface area (Å²) in [6, 6.07) is 12.5. The number of hydrogen-bond acceptors (Lipinski definition) is 4. The molecule has 5 rings (SSSR count). The number of benzene rings is 2. The van der Waals surface area contributed by atoms with Crippen molar-refractivity contribution in [2.45, 2.75) is 44.7 Å². The minimum Gasteiger partial charge on any atom is -0.486 e. The number of aromatic nitrogens is 1. The minimum absolute atomic E-state index is 0.0663. The Hall–Kier alpha value is -3.19. The van der Waals surface area contributed by atoms with Gasteiger partial charge in [-0.25, -0.2) is 4.79 Å². The van der Waals surface area contributed by atoms with Crippen molar-refractivity contribution in [3.8, 4) is 11.5 Å². The molecule has 2 aromatic carbocycles. The normalized spacial score (nSPS) is 15.9. The van der Waals surface area contributed by atoms with Gasteiger partial charge >= 0.3 is 6.03 Å². The van der Waals surface area contributed by atoms with Gasteiger partial charge in [-0.15, -0.1) is 0 Å². The minimum atomic E-state index is -0.253. The number of para-hydroxylation sites is 1. The summed E-state index contributed by atoms with van der Waals surface area (Å²) < 4.78 is 11.3. The maximum atomic E-state index is 13.3. The smallest absolute Gasteiger partial charge is 0.322 e. The molecule has 1 aliphatic heterocycles. The van der Waals surface area contributed by atoms with Crippen LogP contribution < -0.4 is 20.3 Å². The fourth-order valence-corrected chi connectivity index (χ4v) is 4.78. The first-order valence-electron chi connectivity index (χ1n) is 11.4. The molecule has 0 bridgehead atoms. The summed E-state index contributed by atoms with van der Waals surface area (Å²) in [5, 5.41) is 4.25. The third-order valence-corrected chi connectivity index (χ3v) is 6.65. The number of carbonyl (C=O) groups excluding carboxylic acids is 1. The lowest BCUT2D eigenvalue weighted by Crippen LogP contribution is -2.44. The number of amides is 2. The maximum absolute atomic E-state index is 13.3. The highest BCUT2D eigenvalue weighted by Gasteiger charge is 2.27. The van der Waals surface area contributed by atoms with Crippen LogP contribution in [0.1, 0.15) is 37.7 Å². The molecule has 0 radical (unpaired) electrons. The van der Waals surface area contributed by atoms with Crippen molar-refractivity contribution in [2.24, 2.45) is 0 Å². The van der Waals surface area contributed by atoms with E-state index in [1.165, 1.54) is 6.42 Å². The van der Waals surface area contributed by atoms with E-state index < -0.39 is 0 Å². The molecule has 1 aromatic heterocycles. The molecule has 7 nitrogen and oxygen atoms in total. The molecule has 8 heteroatoms. The average molecular weight is 468 g/mol. The van der Waals surface area contributed by atoms with Gasteiger partial charge in [0.25, 0.3) is 5.56 Å². The third kappa shape index (κ3) is 4.64. The molecule has 1 aliphatic carbocycles. The summed E-state index contributed by atoms with van der Waals surface area (Å²) in [5.74, 6) is 1.28. The van der Waals surface area contributed by atoms with Gasteiger partial charge in [0.1, 0.15) is 13.2 Å². The van der Waals surface area contributed by atoms with E-state index in [1.807, 2.05) is 24.3 Å². The van der Waals surface area contributed by atoms with Crippen molar-refractivity contribution in [3.63, 3.8) is 0 Å². The highest BCUT2D eigenvalue weighted by Crippen LogP contribution is 2.34. The summed E-state index contributed by atoms with van der Waals surface area (Å²) in [6.45, 7) is 1.19. The standard InChI is InChI=1S/C25H26ClN3O4/c26-19-8-4-5-9-20(19)28-25(31)29(18-6-2-1-3-7-18)15-17-12-16-13-22-23(33-11-10-32-22)14-21(16)27-24(17)30/h4-5,8-9,12-14,18H,1-3,6-7,10-11,15H2,(H,27,30)(H,28,31). The number of H-pyrrole nitrogens is 1. The Labute approximate surface area is 196 Å². The van der Waals surface area contributed by atoms with Crippen LogP contribution in [0, 0.1) is 0 Å². The van der Waals surface area contributed by atoms with E-state index in [-0.39, 0.29) is 24.2 Å². The van der Waals surface area contributed by atoms with Crippen molar-refractivity contribution in [2.75, 3.05) is 18.5 Å². The summed E-state index contributed by atoms with van der Waals surface area (Å²) >= 11 is 6.26. The number of rotatable bonds is 4. The molecular formula is C25H26ClN3O4. The number of pyridine rings is 1. The van der Waals surface area contributed by atoms with Gasteiger partial charge in [0.15, 0.2) is 11.5 Å². The van der Waals surface area contributed by atoms with Crippen molar-refractivity contribution in [1.82, 2.24) is 9.88 Å². The topological polar surface area (TPSA) is 83.7 Å². The molecule has 1 saturated carbocycles. The molecule has 0 saturated heterocycles. The van der Waals surface area contributed by atoms with E-state index in [0.29, 0.717) is 46.5 Å². The Balaban J connectivity index is 1.46. The van der Waals surface area contributed by atoms with Gasteiger partial charge in [0, 0.05) is 23.1 Å². The molecule has 1 fully saturated rings. The van der Waals surface area contributed by atoms with Gasteiger partial charge in [-0.3, -0.25) is 4.79 Å². The number of aromatic amines is 1. The second-order valence-electron chi connectivity index (χ2n) is 8.54. The van der Waals surface area contributed by atoms with E-state index in [9.17, 15) is 9.59 Å². The molecule has 3 aromatic rings. The number of anilines is 1. The number of urea groups is 1. The van der Waals surface area contributed by atoms with Crippen molar-refractivity contribution in [1.29, 1.82) is 0 Å². The largest absolute Gasteiger partial charge is 0.486 e. The van der Waals surface area contributed by atoms with Gasteiger partial charge in [-0.2, -0.15) is 0 Å².